The number of rotatable bonds is 3. The highest BCUT2D eigenvalue weighted by atomic mass is 32.1. The smallest absolute Gasteiger partial charge is 0.181 e. The number of pyridine rings is 1. The summed E-state index contributed by atoms with van der Waals surface area (Å²) in [5.74, 6) is 0.809. The molecule has 0 atom stereocenters. The molecule has 0 saturated carbocycles. The topological polar surface area (TPSA) is 61.0 Å². The van der Waals surface area contributed by atoms with Crippen molar-refractivity contribution in [1.29, 1.82) is 0 Å². The van der Waals surface area contributed by atoms with E-state index in [0.29, 0.717) is 11.7 Å². The van der Waals surface area contributed by atoms with Crippen molar-refractivity contribution in [3.8, 4) is 5.75 Å². The molecule has 92 valence electrons. The van der Waals surface area contributed by atoms with Crippen LogP contribution in [-0.2, 0) is 0 Å². The summed E-state index contributed by atoms with van der Waals surface area (Å²) < 4.78 is 6.80. The van der Waals surface area contributed by atoms with Gasteiger partial charge in [0.25, 0.3) is 0 Å². The van der Waals surface area contributed by atoms with Gasteiger partial charge in [-0.05, 0) is 18.6 Å². The van der Waals surface area contributed by atoms with Gasteiger partial charge in [-0.2, -0.15) is 0 Å². The van der Waals surface area contributed by atoms with Gasteiger partial charge in [-0.15, -0.1) is 0 Å². The van der Waals surface area contributed by atoms with Crippen molar-refractivity contribution < 1.29 is 4.74 Å². The zero-order chi connectivity index (χ0) is 12.5. The summed E-state index contributed by atoms with van der Waals surface area (Å²) in [6.07, 6.45) is 2.74. The maximum absolute atomic E-state index is 5.78. The Morgan fingerprint density at radius 3 is 3.11 bits per heavy atom. The molecule has 0 amide bonds. The number of hydrogen-bond acceptors (Lipinski definition) is 5. The summed E-state index contributed by atoms with van der Waals surface area (Å²) in [6.45, 7) is 2.77. The first kappa shape index (κ1) is 11.2. The van der Waals surface area contributed by atoms with Gasteiger partial charge in [0.1, 0.15) is 11.3 Å². The van der Waals surface area contributed by atoms with Gasteiger partial charge in [0.2, 0.25) is 0 Å². The summed E-state index contributed by atoms with van der Waals surface area (Å²) in [6, 6.07) is 5.89. The van der Waals surface area contributed by atoms with Crippen molar-refractivity contribution in [3.63, 3.8) is 0 Å². The maximum atomic E-state index is 5.78. The molecular formula is C13H13N3OS. The number of hydrogen-bond donors (Lipinski definition) is 1. The Morgan fingerprint density at radius 1 is 1.39 bits per heavy atom. The first-order chi connectivity index (χ1) is 8.79. The van der Waals surface area contributed by atoms with Gasteiger partial charge in [-0.1, -0.05) is 18.3 Å². The number of anilines is 1. The van der Waals surface area contributed by atoms with Crippen LogP contribution in [0.3, 0.4) is 0 Å². The molecule has 4 nitrogen and oxygen atoms in total. The second-order valence-corrected chi connectivity index (χ2v) is 5.08. The van der Waals surface area contributed by atoms with Gasteiger partial charge < -0.3 is 10.5 Å². The van der Waals surface area contributed by atoms with E-state index in [9.17, 15) is 0 Å². The van der Waals surface area contributed by atoms with Crippen LogP contribution < -0.4 is 10.5 Å². The minimum atomic E-state index is 0.572. The summed E-state index contributed by atoms with van der Waals surface area (Å²) in [5, 5.41) is 1.57. The molecule has 1 aromatic carbocycles. The minimum absolute atomic E-state index is 0.572. The van der Waals surface area contributed by atoms with Crippen LogP contribution in [0.25, 0.3) is 21.1 Å². The largest absolute Gasteiger partial charge is 0.491 e. The Bertz CT molecular complexity index is 708. The minimum Gasteiger partial charge on any atom is -0.491 e. The molecule has 2 aromatic heterocycles. The number of benzene rings is 1. The molecular weight excluding hydrogens is 246 g/mol. The van der Waals surface area contributed by atoms with Gasteiger partial charge in [0.05, 0.1) is 16.8 Å². The molecule has 3 rings (SSSR count). The van der Waals surface area contributed by atoms with Crippen molar-refractivity contribution in [2.75, 3.05) is 12.3 Å². The Hall–Kier alpha value is -1.88. The quantitative estimate of drug-likeness (QED) is 0.784. The zero-order valence-corrected chi connectivity index (χ0v) is 10.8. The normalized spacial score (nSPS) is 11.2. The average molecular weight is 259 g/mol. The van der Waals surface area contributed by atoms with Crippen LogP contribution >= 0.6 is 11.3 Å². The number of nitrogen functional groups attached to an aromatic ring is 1. The van der Waals surface area contributed by atoms with Crippen LogP contribution in [0.1, 0.15) is 13.3 Å². The highest BCUT2D eigenvalue weighted by Gasteiger charge is 2.11. The molecule has 2 heterocycles. The van der Waals surface area contributed by atoms with Crippen molar-refractivity contribution in [1.82, 2.24) is 9.97 Å². The SMILES string of the molecule is CCCOc1cc2sc(N)nc2c2cccnc12. The lowest BCUT2D eigenvalue weighted by Gasteiger charge is -2.07. The van der Waals surface area contributed by atoms with Crippen LogP contribution in [0.15, 0.2) is 24.4 Å². The fourth-order valence-electron chi connectivity index (χ4n) is 1.94. The standard InChI is InChI=1S/C13H13N3OS/c1-2-6-17-9-7-10-12(16-13(14)18-10)8-4-3-5-15-11(8)9/h3-5,7H,2,6H2,1H3,(H2,14,16). The summed E-state index contributed by atoms with van der Waals surface area (Å²) in [4.78, 5) is 8.76. The number of fused-ring (bicyclic) bond motifs is 3. The Balaban J connectivity index is 2.31. The van der Waals surface area contributed by atoms with E-state index in [1.165, 1.54) is 11.3 Å². The third-order valence-electron chi connectivity index (χ3n) is 2.69. The number of thiazole rings is 1. The molecule has 0 aliphatic heterocycles. The highest BCUT2D eigenvalue weighted by Crippen LogP contribution is 2.35. The van der Waals surface area contributed by atoms with Gasteiger partial charge in [-0.25, -0.2) is 4.98 Å². The van der Waals surface area contributed by atoms with E-state index in [1.807, 2.05) is 18.2 Å². The van der Waals surface area contributed by atoms with Crippen LogP contribution in [0.4, 0.5) is 5.13 Å². The lowest BCUT2D eigenvalue weighted by Crippen LogP contribution is -1.96. The fourth-order valence-corrected chi connectivity index (χ4v) is 2.72. The monoisotopic (exact) mass is 259 g/mol. The summed E-state index contributed by atoms with van der Waals surface area (Å²) in [7, 11) is 0. The summed E-state index contributed by atoms with van der Waals surface area (Å²) in [5.41, 5.74) is 7.54. The first-order valence-corrected chi connectivity index (χ1v) is 6.68. The van der Waals surface area contributed by atoms with Crippen molar-refractivity contribution >= 4 is 37.6 Å². The van der Waals surface area contributed by atoms with Crippen molar-refractivity contribution in [3.05, 3.63) is 24.4 Å². The second-order valence-electron chi connectivity index (χ2n) is 4.02. The van der Waals surface area contributed by atoms with E-state index in [1.54, 1.807) is 6.20 Å². The number of ether oxygens (including phenoxy) is 1. The van der Waals surface area contributed by atoms with Crippen molar-refractivity contribution in [2.45, 2.75) is 13.3 Å². The van der Waals surface area contributed by atoms with Crippen LogP contribution in [0, 0.1) is 0 Å². The molecule has 0 spiro atoms. The molecule has 0 aliphatic carbocycles. The Labute approximate surface area is 108 Å². The predicted octanol–water partition coefficient (Wildman–Crippen LogP) is 3.22. The average Bonchev–Trinajstić information content (AvgIpc) is 2.76. The predicted molar refractivity (Wildman–Crippen MR) is 75.1 cm³/mol. The Kier molecular flexibility index (Phi) is 2.76. The van der Waals surface area contributed by atoms with Crippen molar-refractivity contribution in [2.24, 2.45) is 0 Å². The van der Waals surface area contributed by atoms with Crippen LogP contribution in [0.5, 0.6) is 5.75 Å². The van der Waals surface area contributed by atoms with Gasteiger partial charge in [-0.3, -0.25) is 4.98 Å². The van der Waals surface area contributed by atoms with E-state index in [-0.39, 0.29) is 0 Å². The number of nitrogens with two attached hydrogens (primary N) is 1. The van der Waals surface area contributed by atoms with E-state index in [4.69, 9.17) is 10.5 Å². The molecule has 3 aromatic rings. The number of aromatic nitrogens is 2. The first-order valence-electron chi connectivity index (χ1n) is 5.86. The van der Waals surface area contributed by atoms with E-state index >= 15 is 0 Å². The third kappa shape index (κ3) is 1.76. The molecule has 18 heavy (non-hydrogen) atoms. The van der Waals surface area contributed by atoms with Crippen LogP contribution in [0.2, 0.25) is 0 Å². The fraction of sp³-hybridized carbons (Fsp3) is 0.231. The third-order valence-corrected chi connectivity index (χ3v) is 3.52. The molecule has 0 aliphatic rings. The molecule has 0 bridgehead atoms. The second kappa shape index (κ2) is 4.42. The molecule has 5 heteroatoms. The van der Waals surface area contributed by atoms with Crippen LogP contribution in [-0.4, -0.2) is 16.6 Å². The lowest BCUT2D eigenvalue weighted by molar-refractivity contribution is 0.321. The van der Waals surface area contributed by atoms with E-state index in [0.717, 1.165) is 33.3 Å². The van der Waals surface area contributed by atoms with Gasteiger partial charge in [0.15, 0.2) is 5.13 Å². The molecule has 2 N–H and O–H groups in total. The lowest BCUT2D eigenvalue weighted by atomic mass is 10.2. The Morgan fingerprint density at radius 2 is 2.28 bits per heavy atom. The molecule has 0 saturated heterocycles. The van der Waals surface area contributed by atoms with E-state index in [2.05, 4.69) is 16.9 Å². The zero-order valence-electron chi connectivity index (χ0n) is 10.0. The van der Waals surface area contributed by atoms with Gasteiger partial charge in [0, 0.05) is 17.6 Å². The molecule has 0 radical (unpaired) electrons. The maximum Gasteiger partial charge on any atom is 0.181 e. The summed E-state index contributed by atoms with van der Waals surface area (Å²) >= 11 is 1.47. The van der Waals surface area contributed by atoms with Gasteiger partial charge >= 0.3 is 0 Å². The number of nitrogens with zero attached hydrogens (tertiary/aromatic N) is 2. The molecule has 0 fully saturated rings. The molecule has 0 unspecified atom stereocenters. The highest BCUT2D eigenvalue weighted by molar-refractivity contribution is 7.22. The van der Waals surface area contributed by atoms with E-state index < -0.39 is 0 Å².